The van der Waals surface area contributed by atoms with E-state index in [-0.39, 0.29) is 5.91 Å². The molecule has 0 aliphatic heterocycles. The van der Waals surface area contributed by atoms with Crippen LogP contribution in [-0.2, 0) is 0 Å². The van der Waals surface area contributed by atoms with Gasteiger partial charge in [0.05, 0.1) is 21.8 Å². The third-order valence-corrected chi connectivity index (χ3v) is 3.45. The molecule has 0 atom stereocenters. The van der Waals surface area contributed by atoms with Crippen molar-refractivity contribution in [3.8, 4) is 0 Å². The number of carbonyl (C=O) groups excluding carboxylic acids is 1. The number of halogens is 1. The van der Waals surface area contributed by atoms with Crippen LogP contribution in [0, 0.1) is 0 Å². The monoisotopic (exact) mass is 297 g/mol. The van der Waals surface area contributed by atoms with Crippen LogP contribution in [-0.4, -0.2) is 10.9 Å². The molecule has 104 valence electrons. The molecule has 0 aliphatic rings. The highest BCUT2D eigenvalue weighted by Crippen LogP contribution is 2.25. The van der Waals surface area contributed by atoms with Crippen molar-refractivity contribution in [1.29, 1.82) is 0 Å². The minimum absolute atomic E-state index is 0.236. The zero-order valence-electron chi connectivity index (χ0n) is 11.0. The molecular weight excluding hydrogens is 286 g/mol. The van der Waals surface area contributed by atoms with Crippen molar-refractivity contribution in [2.24, 2.45) is 0 Å². The zero-order chi connectivity index (χ0) is 14.8. The van der Waals surface area contributed by atoms with Crippen molar-refractivity contribution < 1.29 is 4.79 Å². The van der Waals surface area contributed by atoms with Crippen LogP contribution in [0.2, 0.25) is 5.02 Å². The second-order valence-corrected chi connectivity index (χ2v) is 4.98. The Morgan fingerprint density at radius 2 is 1.95 bits per heavy atom. The molecule has 3 aromatic rings. The van der Waals surface area contributed by atoms with Gasteiger partial charge in [0.2, 0.25) is 0 Å². The van der Waals surface area contributed by atoms with E-state index in [9.17, 15) is 4.79 Å². The number of nitrogen functional groups attached to an aromatic ring is 1. The summed E-state index contributed by atoms with van der Waals surface area (Å²) in [6, 6.07) is 14.1. The Morgan fingerprint density at radius 1 is 1.14 bits per heavy atom. The van der Waals surface area contributed by atoms with E-state index in [1.165, 1.54) is 0 Å². The summed E-state index contributed by atoms with van der Waals surface area (Å²) in [4.78, 5) is 16.7. The number of nitrogens with two attached hydrogens (primary N) is 1. The first kappa shape index (κ1) is 13.4. The Balaban J connectivity index is 1.97. The van der Waals surface area contributed by atoms with Gasteiger partial charge in [-0.2, -0.15) is 0 Å². The summed E-state index contributed by atoms with van der Waals surface area (Å²) in [5, 5.41) is 3.99. The normalized spacial score (nSPS) is 10.5. The lowest BCUT2D eigenvalue weighted by Crippen LogP contribution is -2.13. The number of rotatable bonds is 2. The molecule has 21 heavy (non-hydrogen) atoms. The SMILES string of the molecule is Nc1ccc(NC(=O)c2ccnc3ccccc23)c(Cl)c1. The molecule has 3 N–H and O–H groups in total. The lowest BCUT2D eigenvalue weighted by atomic mass is 10.1. The van der Waals surface area contributed by atoms with Gasteiger partial charge in [-0.05, 0) is 30.3 Å². The summed E-state index contributed by atoms with van der Waals surface area (Å²) in [6.07, 6.45) is 1.61. The smallest absolute Gasteiger partial charge is 0.256 e. The molecule has 1 heterocycles. The summed E-state index contributed by atoms with van der Waals surface area (Å²) in [5.41, 5.74) is 8.03. The Hall–Kier alpha value is -2.59. The van der Waals surface area contributed by atoms with Crippen LogP contribution in [0.1, 0.15) is 10.4 Å². The van der Waals surface area contributed by atoms with Crippen LogP contribution < -0.4 is 11.1 Å². The number of nitrogens with one attached hydrogen (secondary N) is 1. The summed E-state index contributed by atoms with van der Waals surface area (Å²) in [5.74, 6) is -0.236. The van der Waals surface area contributed by atoms with Gasteiger partial charge in [0.25, 0.3) is 5.91 Å². The quantitative estimate of drug-likeness (QED) is 0.708. The summed E-state index contributed by atoms with van der Waals surface area (Å²) >= 11 is 6.07. The molecular formula is C16H12ClN3O. The number of hydrogen-bond acceptors (Lipinski definition) is 3. The average Bonchev–Trinajstić information content (AvgIpc) is 2.49. The van der Waals surface area contributed by atoms with E-state index < -0.39 is 0 Å². The number of benzene rings is 2. The second-order valence-electron chi connectivity index (χ2n) is 4.57. The maximum absolute atomic E-state index is 12.4. The molecule has 5 heteroatoms. The van der Waals surface area contributed by atoms with Gasteiger partial charge < -0.3 is 11.1 Å². The summed E-state index contributed by atoms with van der Waals surface area (Å²) in [6.45, 7) is 0. The fourth-order valence-electron chi connectivity index (χ4n) is 2.12. The molecule has 0 fully saturated rings. The van der Waals surface area contributed by atoms with Crippen molar-refractivity contribution in [3.05, 3.63) is 65.3 Å². The van der Waals surface area contributed by atoms with E-state index in [0.29, 0.717) is 22.0 Å². The molecule has 2 aromatic carbocycles. The minimum Gasteiger partial charge on any atom is -0.399 e. The second kappa shape index (κ2) is 5.42. The van der Waals surface area contributed by atoms with Crippen molar-refractivity contribution >= 4 is 39.8 Å². The number of carbonyl (C=O) groups is 1. The van der Waals surface area contributed by atoms with Crippen LogP contribution >= 0.6 is 11.6 Å². The number of fused-ring (bicyclic) bond motifs is 1. The fraction of sp³-hybridized carbons (Fsp3) is 0. The van der Waals surface area contributed by atoms with Crippen molar-refractivity contribution in [2.75, 3.05) is 11.1 Å². The minimum atomic E-state index is -0.236. The van der Waals surface area contributed by atoms with Gasteiger partial charge in [-0.3, -0.25) is 9.78 Å². The van der Waals surface area contributed by atoms with Gasteiger partial charge in [-0.25, -0.2) is 0 Å². The van der Waals surface area contributed by atoms with E-state index >= 15 is 0 Å². The van der Waals surface area contributed by atoms with Crippen molar-refractivity contribution in [3.63, 3.8) is 0 Å². The molecule has 0 saturated carbocycles. The number of aromatic nitrogens is 1. The molecule has 0 unspecified atom stereocenters. The number of hydrogen-bond donors (Lipinski definition) is 2. The third-order valence-electron chi connectivity index (χ3n) is 3.14. The topological polar surface area (TPSA) is 68.0 Å². The first-order chi connectivity index (χ1) is 10.1. The summed E-state index contributed by atoms with van der Waals surface area (Å²) < 4.78 is 0. The molecule has 1 aromatic heterocycles. The van der Waals surface area contributed by atoms with E-state index in [1.54, 1.807) is 30.5 Å². The van der Waals surface area contributed by atoms with Crippen LogP contribution in [0.25, 0.3) is 10.9 Å². The number of pyridine rings is 1. The first-order valence-electron chi connectivity index (χ1n) is 6.35. The van der Waals surface area contributed by atoms with Crippen LogP contribution in [0.15, 0.2) is 54.7 Å². The van der Waals surface area contributed by atoms with Crippen LogP contribution in [0.4, 0.5) is 11.4 Å². The first-order valence-corrected chi connectivity index (χ1v) is 6.73. The van der Waals surface area contributed by atoms with Gasteiger partial charge >= 0.3 is 0 Å². The molecule has 3 rings (SSSR count). The average molecular weight is 298 g/mol. The lowest BCUT2D eigenvalue weighted by Gasteiger charge is -2.09. The number of para-hydroxylation sites is 1. The molecule has 0 radical (unpaired) electrons. The third kappa shape index (κ3) is 2.66. The van der Waals surface area contributed by atoms with Gasteiger partial charge in [0.15, 0.2) is 0 Å². The molecule has 0 bridgehead atoms. The highest BCUT2D eigenvalue weighted by Gasteiger charge is 2.12. The zero-order valence-corrected chi connectivity index (χ0v) is 11.8. The molecule has 0 aliphatic carbocycles. The van der Waals surface area contributed by atoms with E-state index in [0.717, 1.165) is 10.9 Å². The Bertz CT molecular complexity index is 827. The van der Waals surface area contributed by atoms with E-state index in [1.807, 2.05) is 24.3 Å². The maximum atomic E-state index is 12.4. The predicted molar refractivity (Wildman–Crippen MR) is 85.6 cm³/mol. The lowest BCUT2D eigenvalue weighted by molar-refractivity contribution is 0.102. The molecule has 1 amide bonds. The van der Waals surface area contributed by atoms with Gasteiger partial charge in [-0.1, -0.05) is 29.8 Å². The summed E-state index contributed by atoms with van der Waals surface area (Å²) in [7, 11) is 0. The molecule has 0 spiro atoms. The van der Waals surface area contributed by atoms with Crippen molar-refractivity contribution in [2.45, 2.75) is 0 Å². The Morgan fingerprint density at radius 3 is 2.76 bits per heavy atom. The predicted octanol–water partition coefficient (Wildman–Crippen LogP) is 3.72. The van der Waals surface area contributed by atoms with E-state index in [4.69, 9.17) is 17.3 Å². The van der Waals surface area contributed by atoms with Gasteiger partial charge in [0, 0.05) is 17.3 Å². The van der Waals surface area contributed by atoms with Gasteiger partial charge in [-0.15, -0.1) is 0 Å². The standard InChI is InChI=1S/C16H12ClN3O/c17-13-9-10(18)5-6-15(13)20-16(21)12-7-8-19-14-4-2-1-3-11(12)14/h1-9H,18H2,(H,20,21). The van der Waals surface area contributed by atoms with E-state index in [2.05, 4.69) is 10.3 Å². The molecule has 4 nitrogen and oxygen atoms in total. The van der Waals surface area contributed by atoms with Crippen molar-refractivity contribution in [1.82, 2.24) is 4.98 Å². The highest BCUT2D eigenvalue weighted by atomic mass is 35.5. The molecule has 0 saturated heterocycles. The van der Waals surface area contributed by atoms with Crippen LogP contribution in [0.5, 0.6) is 0 Å². The van der Waals surface area contributed by atoms with Crippen LogP contribution in [0.3, 0.4) is 0 Å². The number of amides is 1. The fourth-order valence-corrected chi connectivity index (χ4v) is 2.35. The number of nitrogens with zero attached hydrogens (tertiary/aromatic N) is 1. The number of anilines is 2. The largest absolute Gasteiger partial charge is 0.399 e. The Labute approximate surface area is 126 Å². The highest BCUT2D eigenvalue weighted by molar-refractivity contribution is 6.34. The van der Waals surface area contributed by atoms with Gasteiger partial charge in [0.1, 0.15) is 0 Å². The maximum Gasteiger partial charge on any atom is 0.256 e. The Kier molecular flexibility index (Phi) is 3.46.